The normalized spacial score (nSPS) is 28.8. The lowest BCUT2D eigenvalue weighted by Crippen LogP contribution is -2.42. The van der Waals surface area contributed by atoms with Gasteiger partial charge in [-0.3, -0.25) is 9.52 Å². The average molecular weight is 351 g/mol. The first-order valence-electron chi connectivity index (χ1n) is 8.56. The molecule has 2 fully saturated rings. The van der Waals surface area contributed by atoms with Gasteiger partial charge in [-0.2, -0.15) is 0 Å². The lowest BCUT2D eigenvalue weighted by Gasteiger charge is -2.27. The molecule has 4 N–H and O–H groups in total. The third kappa shape index (κ3) is 3.57. The molecule has 0 aromatic heterocycles. The van der Waals surface area contributed by atoms with Crippen molar-refractivity contribution in [3.8, 4) is 0 Å². The second kappa shape index (κ2) is 6.72. The molecule has 7 heteroatoms. The Kier molecular flexibility index (Phi) is 4.83. The second-order valence-corrected chi connectivity index (χ2v) is 8.77. The number of sulfonamides is 1. The van der Waals surface area contributed by atoms with Crippen molar-refractivity contribution in [1.29, 1.82) is 0 Å². The zero-order chi connectivity index (χ0) is 17.3. The van der Waals surface area contributed by atoms with Crippen LogP contribution in [0.25, 0.3) is 0 Å². The van der Waals surface area contributed by atoms with Crippen molar-refractivity contribution < 1.29 is 13.2 Å². The highest BCUT2D eigenvalue weighted by Crippen LogP contribution is 2.47. The molecule has 1 aromatic rings. The maximum Gasteiger partial charge on any atom is 0.232 e. The standard InChI is InChI=1S/C17H25N3O3S/c1-2-9-24(22,23)20-14-7-5-13(6-8-14)19-17(21)15-11-3-4-12(10-11)16(15)18/h5-8,11-12,15-16,20H,2-4,9-10,18H2,1H3,(H,19,21). The lowest BCUT2D eigenvalue weighted by molar-refractivity contribution is -0.121. The molecule has 0 saturated heterocycles. The Morgan fingerprint density at radius 2 is 1.79 bits per heavy atom. The van der Waals surface area contributed by atoms with Crippen molar-refractivity contribution in [3.63, 3.8) is 0 Å². The number of anilines is 2. The summed E-state index contributed by atoms with van der Waals surface area (Å²) < 4.78 is 26.0. The first-order valence-corrected chi connectivity index (χ1v) is 10.2. The average Bonchev–Trinajstić information content (AvgIpc) is 3.09. The Morgan fingerprint density at radius 1 is 1.17 bits per heavy atom. The van der Waals surface area contributed by atoms with Gasteiger partial charge in [-0.25, -0.2) is 8.42 Å². The first kappa shape index (κ1) is 17.2. The highest BCUT2D eigenvalue weighted by Gasteiger charge is 2.49. The first-order chi connectivity index (χ1) is 11.4. The van der Waals surface area contributed by atoms with Gasteiger partial charge in [0.15, 0.2) is 0 Å². The summed E-state index contributed by atoms with van der Waals surface area (Å²) in [5.74, 6) is 0.861. The smallest absolute Gasteiger partial charge is 0.232 e. The van der Waals surface area contributed by atoms with E-state index in [1.165, 1.54) is 0 Å². The third-order valence-electron chi connectivity index (χ3n) is 5.18. The van der Waals surface area contributed by atoms with Gasteiger partial charge >= 0.3 is 0 Å². The predicted molar refractivity (Wildman–Crippen MR) is 95.1 cm³/mol. The Morgan fingerprint density at radius 3 is 2.38 bits per heavy atom. The molecule has 4 unspecified atom stereocenters. The van der Waals surface area contributed by atoms with Gasteiger partial charge in [-0.05, 0) is 61.8 Å². The molecule has 4 atom stereocenters. The van der Waals surface area contributed by atoms with E-state index in [-0.39, 0.29) is 23.6 Å². The number of carbonyl (C=O) groups is 1. The summed E-state index contributed by atoms with van der Waals surface area (Å²) in [4.78, 5) is 12.5. The van der Waals surface area contributed by atoms with Crippen LogP contribution in [-0.4, -0.2) is 26.1 Å². The van der Waals surface area contributed by atoms with Crippen molar-refractivity contribution in [1.82, 2.24) is 0 Å². The summed E-state index contributed by atoms with van der Waals surface area (Å²) in [6.07, 6.45) is 3.86. The minimum atomic E-state index is -3.30. The van der Waals surface area contributed by atoms with Crippen LogP contribution in [0.2, 0.25) is 0 Å². The predicted octanol–water partition coefficient (Wildman–Crippen LogP) is 2.15. The summed E-state index contributed by atoms with van der Waals surface area (Å²) in [5.41, 5.74) is 7.36. The minimum absolute atomic E-state index is 0.0194. The zero-order valence-electron chi connectivity index (χ0n) is 13.9. The molecule has 2 aliphatic rings. The summed E-state index contributed by atoms with van der Waals surface area (Å²) in [7, 11) is -3.30. The van der Waals surface area contributed by atoms with E-state index < -0.39 is 10.0 Å². The van der Waals surface area contributed by atoms with Crippen molar-refractivity contribution in [2.24, 2.45) is 23.5 Å². The molecular weight excluding hydrogens is 326 g/mol. The maximum atomic E-state index is 12.5. The van der Waals surface area contributed by atoms with E-state index in [0.717, 1.165) is 19.3 Å². The van der Waals surface area contributed by atoms with Crippen molar-refractivity contribution >= 4 is 27.3 Å². The number of fused-ring (bicyclic) bond motifs is 2. The molecule has 2 aliphatic carbocycles. The number of carbonyl (C=O) groups excluding carboxylic acids is 1. The van der Waals surface area contributed by atoms with Crippen LogP contribution in [0.1, 0.15) is 32.6 Å². The quantitative estimate of drug-likeness (QED) is 0.731. The number of benzene rings is 1. The van der Waals surface area contributed by atoms with Gasteiger partial charge in [0.1, 0.15) is 0 Å². The van der Waals surface area contributed by atoms with E-state index >= 15 is 0 Å². The van der Waals surface area contributed by atoms with E-state index in [2.05, 4.69) is 10.0 Å². The molecule has 2 bridgehead atoms. The fourth-order valence-electron chi connectivity index (χ4n) is 4.07. The Hall–Kier alpha value is -1.60. The third-order valence-corrected chi connectivity index (χ3v) is 6.67. The van der Waals surface area contributed by atoms with Crippen LogP contribution in [0.4, 0.5) is 11.4 Å². The number of nitrogens with two attached hydrogens (primary N) is 1. The fraction of sp³-hybridized carbons (Fsp3) is 0.588. The lowest BCUT2D eigenvalue weighted by atomic mass is 9.84. The summed E-state index contributed by atoms with van der Waals surface area (Å²) in [6.45, 7) is 1.82. The Labute approximate surface area is 143 Å². The Bertz CT molecular complexity index is 700. The van der Waals surface area contributed by atoms with Crippen molar-refractivity contribution in [2.75, 3.05) is 15.8 Å². The maximum absolute atomic E-state index is 12.5. The molecule has 2 saturated carbocycles. The minimum Gasteiger partial charge on any atom is -0.327 e. The number of nitrogens with one attached hydrogen (secondary N) is 2. The van der Waals surface area contributed by atoms with Crippen molar-refractivity contribution in [3.05, 3.63) is 24.3 Å². The second-order valence-electron chi connectivity index (χ2n) is 6.92. The van der Waals surface area contributed by atoms with E-state index in [0.29, 0.717) is 29.6 Å². The Balaban J connectivity index is 1.61. The number of amides is 1. The molecule has 1 aromatic carbocycles. The van der Waals surface area contributed by atoms with Gasteiger partial charge in [0.05, 0.1) is 11.7 Å². The van der Waals surface area contributed by atoms with Crippen LogP contribution >= 0.6 is 0 Å². The van der Waals surface area contributed by atoms with Crippen LogP contribution in [-0.2, 0) is 14.8 Å². The zero-order valence-corrected chi connectivity index (χ0v) is 14.7. The van der Waals surface area contributed by atoms with Gasteiger partial charge in [0, 0.05) is 17.4 Å². The van der Waals surface area contributed by atoms with Gasteiger partial charge in [-0.15, -0.1) is 0 Å². The van der Waals surface area contributed by atoms with Gasteiger partial charge in [0.25, 0.3) is 0 Å². The summed E-state index contributed by atoms with van der Waals surface area (Å²) in [5, 5.41) is 2.92. The molecule has 24 heavy (non-hydrogen) atoms. The monoisotopic (exact) mass is 351 g/mol. The highest BCUT2D eigenvalue weighted by atomic mass is 32.2. The van der Waals surface area contributed by atoms with Crippen LogP contribution in [0.5, 0.6) is 0 Å². The van der Waals surface area contributed by atoms with Crippen LogP contribution in [0.15, 0.2) is 24.3 Å². The van der Waals surface area contributed by atoms with E-state index in [9.17, 15) is 13.2 Å². The molecule has 0 radical (unpaired) electrons. The molecule has 132 valence electrons. The van der Waals surface area contributed by atoms with Crippen LogP contribution in [0, 0.1) is 17.8 Å². The molecule has 0 aliphatic heterocycles. The molecule has 6 nitrogen and oxygen atoms in total. The fourth-order valence-corrected chi connectivity index (χ4v) is 5.21. The van der Waals surface area contributed by atoms with Gasteiger partial charge < -0.3 is 11.1 Å². The number of rotatable bonds is 6. The number of hydrogen-bond donors (Lipinski definition) is 3. The van der Waals surface area contributed by atoms with E-state index in [1.54, 1.807) is 24.3 Å². The SMILES string of the molecule is CCCS(=O)(=O)Nc1ccc(NC(=O)C2C3CCC(C3)C2N)cc1. The van der Waals surface area contributed by atoms with Crippen molar-refractivity contribution in [2.45, 2.75) is 38.6 Å². The summed E-state index contributed by atoms with van der Waals surface area (Å²) in [6, 6.07) is 6.69. The molecule has 0 heterocycles. The van der Waals surface area contributed by atoms with Crippen LogP contribution in [0.3, 0.4) is 0 Å². The highest BCUT2D eigenvalue weighted by molar-refractivity contribution is 7.92. The van der Waals surface area contributed by atoms with E-state index in [1.807, 2.05) is 6.92 Å². The molecule has 3 rings (SSSR count). The van der Waals surface area contributed by atoms with Gasteiger partial charge in [-0.1, -0.05) is 6.92 Å². The molecular formula is C17H25N3O3S. The summed E-state index contributed by atoms with van der Waals surface area (Å²) >= 11 is 0. The topological polar surface area (TPSA) is 101 Å². The molecule has 1 amide bonds. The molecule has 0 spiro atoms. The van der Waals surface area contributed by atoms with Gasteiger partial charge in [0.2, 0.25) is 15.9 Å². The largest absolute Gasteiger partial charge is 0.327 e. The number of hydrogen-bond acceptors (Lipinski definition) is 4. The van der Waals surface area contributed by atoms with E-state index in [4.69, 9.17) is 5.73 Å². The van der Waals surface area contributed by atoms with Crippen LogP contribution < -0.4 is 15.8 Å².